The molecule has 0 fully saturated rings. The predicted octanol–water partition coefficient (Wildman–Crippen LogP) is 2.90. The van der Waals surface area contributed by atoms with Gasteiger partial charge in [-0.15, -0.1) is 11.3 Å². The normalized spacial score (nSPS) is 11.8. The van der Waals surface area contributed by atoms with Crippen LogP contribution >= 0.6 is 11.3 Å². The fourth-order valence-electron chi connectivity index (χ4n) is 2.62. The average Bonchev–Trinajstić information content (AvgIpc) is 2.94. The van der Waals surface area contributed by atoms with Crippen LogP contribution in [0.1, 0.15) is 16.8 Å². The van der Waals surface area contributed by atoms with Crippen LogP contribution in [0.15, 0.2) is 46.8 Å². The van der Waals surface area contributed by atoms with Gasteiger partial charge in [0.2, 0.25) is 0 Å². The second-order valence-electron chi connectivity index (χ2n) is 5.47. The Morgan fingerprint density at radius 1 is 1.33 bits per heavy atom. The van der Waals surface area contributed by atoms with Gasteiger partial charge in [-0.2, -0.15) is 9.78 Å². The SMILES string of the molecule is Cc1cc(C)c2c(n1)sc1c(=O)n(/N=C\c3cccnc3)cnc12. The Labute approximate surface area is 141 Å². The lowest BCUT2D eigenvalue weighted by atomic mass is 10.1. The smallest absolute Gasteiger partial charge is 0.266 e. The van der Waals surface area contributed by atoms with Crippen LogP contribution in [0.3, 0.4) is 0 Å². The molecule has 6 nitrogen and oxygen atoms in total. The number of nitrogens with zero attached hydrogens (tertiary/aromatic N) is 5. The fourth-order valence-corrected chi connectivity index (χ4v) is 3.80. The van der Waals surface area contributed by atoms with Crippen LogP contribution in [-0.4, -0.2) is 25.8 Å². The molecule has 0 atom stereocenters. The van der Waals surface area contributed by atoms with Crippen molar-refractivity contribution in [2.24, 2.45) is 5.10 Å². The van der Waals surface area contributed by atoms with E-state index in [9.17, 15) is 4.79 Å². The van der Waals surface area contributed by atoms with Crippen molar-refractivity contribution in [3.63, 3.8) is 0 Å². The highest BCUT2D eigenvalue weighted by Gasteiger charge is 2.14. The average molecular weight is 335 g/mol. The molecule has 0 saturated carbocycles. The van der Waals surface area contributed by atoms with Gasteiger partial charge in [-0.3, -0.25) is 9.78 Å². The number of aryl methyl sites for hydroxylation is 2. The number of rotatable bonds is 2. The molecule has 0 spiro atoms. The van der Waals surface area contributed by atoms with Gasteiger partial charge in [-0.25, -0.2) is 9.97 Å². The number of fused-ring (bicyclic) bond motifs is 3. The van der Waals surface area contributed by atoms with E-state index >= 15 is 0 Å². The summed E-state index contributed by atoms with van der Waals surface area (Å²) >= 11 is 1.36. The van der Waals surface area contributed by atoms with Gasteiger partial charge in [0.15, 0.2) is 0 Å². The summed E-state index contributed by atoms with van der Waals surface area (Å²) in [6.45, 7) is 3.96. The first kappa shape index (κ1) is 14.6. The summed E-state index contributed by atoms with van der Waals surface area (Å²) < 4.78 is 1.81. The number of hydrogen-bond donors (Lipinski definition) is 0. The van der Waals surface area contributed by atoms with Crippen molar-refractivity contribution in [2.45, 2.75) is 13.8 Å². The predicted molar refractivity (Wildman–Crippen MR) is 95.9 cm³/mol. The Morgan fingerprint density at radius 2 is 2.21 bits per heavy atom. The van der Waals surface area contributed by atoms with Gasteiger partial charge >= 0.3 is 0 Å². The van der Waals surface area contributed by atoms with Gasteiger partial charge in [0.05, 0.1) is 11.7 Å². The van der Waals surface area contributed by atoms with Crippen molar-refractivity contribution in [1.82, 2.24) is 19.6 Å². The third-order valence-electron chi connectivity index (χ3n) is 3.68. The molecule has 24 heavy (non-hydrogen) atoms. The van der Waals surface area contributed by atoms with Crippen molar-refractivity contribution in [2.75, 3.05) is 0 Å². The van der Waals surface area contributed by atoms with E-state index in [-0.39, 0.29) is 5.56 Å². The van der Waals surface area contributed by atoms with Gasteiger partial charge in [-0.05, 0) is 31.5 Å². The molecule has 0 saturated heterocycles. The maximum absolute atomic E-state index is 12.7. The second-order valence-corrected chi connectivity index (χ2v) is 6.46. The van der Waals surface area contributed by atoms with Gasteiger partial charge in [0, 0.05) is 29.0 Å². The molecule has 0 unspecified atom stereocenters. The van der Waals surface area contributed by atoms with E-state index in [2.05, 4.69) is 20.1 Å². The first-order valence-corrected chi connectivity index (χ1v) is 8.17. The third kappa shape index (κ3) is 2.39. The zero-order chi connectivity index (χ0) is 16.7. The largest absolute Gasteiger partial charge is 0.291 e. The topological polar surface area (TPSA) is 73.0 Å². The Kier molecular flexibility index (Phi) is 3.42. The summed E-state index contributed by atoms with van der Waals surface area (Å²) in [5.41, 5.74) is 3.32. The van der Waals surface area contributed by atoms with Crippen LogP contribution in [0.25, 0.3) is 20.4 Å². The summed E-state index contributed by atoms with van der Waals surface area (Å²) in [6.07, 6.45) is 6.40. The van der Waals surface area contributed by atoms with Gasteiger partial charge < -0.3 is 0 Å². The van der Waals surface area contributed by atoms with E-state index in [1.54, 1.807) is 18.6 Å². The standard InChI is InChI=1S/C17H13N5OS/c1-10-6-11(2)21-16-13(10)14-15(24-16)17(23)22(9-19-14)20-8-12-4-3-5-18-7-12/h3-9H,1-2H3/b20-8-. The number of thiophene rings is 1. The van der Waals surface area contributed by atoms with Crippen molar-refractivity contribution in [1.29, 1.82) is 0 Å². The zero-order valence-electron chi connectivity index (χ0n) is 13.1. The molecule has 0 amide bonds. The van der Waals surface area contributed by atoms with E-state index < -0.39 is 0 Å². The molecule has 0 bridgehead atoms. The van der Waals surface area contributed by atoms with Crippen LogP contribution in [0.2, 0.25) is 0 Å². The molecule has 0 N–H and O–H groups in total. The van der Waals surface area contributed by atoms with Gasteiger partial charge in [0.25, 0.3) is 5.56 Å². The molecule has 0 aliphatic rings. The minimum Gasteiger partial charge on any atom is -0.266 e. The van der Waals surface area contributed by atoms with Crippen molar-refractivity contribution in [3.8, 4) is 0 Å². The zero-order valence-corrected chi connectivity index (χ0v) is 13.9. The number of aromatic nitrogens is 4. The van der Waals surface area contributed by atoms with Crippen LogP contribution in [-0.2, 0) is 0 Å². The van der Waals surface area contributed by atoms with Crippen LogP contribution < -0.4 is 5.56 Å². The Hall–Kier alpha value is -2.93. The molecule has 0 aromatic carbocycles. The summed E-state index contributed by atoms with van der Waals surface area (Å²) in [5, 5.41) is 5.14. The Balaban J connectivity index is 1.90. The Bertz CT molecular complexity index is 1140. The lowest BCUT2D eigenvalue weighted by molar-refractivity contribution is 0.819. The van der Waals surface area contributed by atoms with Crippen molar-refractivity contribution >= 4 is 38.0 Å². The molecular formula is C17H13N5OS. The summed E-state index contributed by atoms with van der Waals surface area (Å²) in [6, 6.07) is 5.68. The maximum atomic E-state index is 12.7. The number of hydrogen-bond acceptors (Lipinski definition) is 6. The molecule has 7 heteroatoms. The van der Waals surface area contributed by atoms with Crippen molar-refractivity contribution < 1.29 is 0 Å². The minimum absolute atomic E-state index is 0.194. The van der Waals surface area contributed by atoms with E-state index in [1.165, 1.54) is 22.3 Å². The van der Waals surface area contributed by atoms with Gasteiger partial charge in [-0.1, -0.05) is 6.07 Å². The third-order valence-corrected chi connectivity index (χ3v) is 4.74. The second kappa shape index (κ2) is 5.61. The molecule has 0 aliphatic heterocycles. The first-order chi connectivity index (χ1) is 11.6. The fraction of sp³-hybridized carbons (Fsp3) is 0.118. The van der Waals surface area contributed by atoms with E-state index in [0.29, 0.717) is 10.2 Å². The van der Waals surface area contributed by atoms with Gasteiger partial charge in [0.1, 0.15) is 15.9 Å². The highest BCUT2D eigenvalue weighted by atomic mass is 32.1. The van der Waals surface area contributed by atoms with Crippen LogP contribution in [0.5, 0.6) is 0 Å². The quantitative estimate of drug-likeness (QED) is 0.528. The first-order valence-electron chi connectivity index (χ1n) is 7.36. The molecular weight excluding hydrogens is 322 g/mol. The lowest BCUT2D eigenvalue weighted by Crippen LogP contribution is -2.15. The summed E-state index contributed by atoms with van der Waals surface area (Å²) in [7, 11) is 0. The summed E-state index contributed by atoms with van der Waals surface area (Å²) in [4.78, 5) is 26.5. The lowest BCUT2D eigenvalue weighted by Gasteiger charge is -1.99. The van der Waals surface area contributed by atoms with E-state index in [4.69, 9.17) is 0 Å². The molecule has 118 valence electrons. The van der Waals surface area contributed by atoms with E-state index in [0.717, 1.165) is 27.0 Å². The molecule has 4 heterocycles. The minimum atomic E-state index is -0.194. The monoisotopic (exact) mass is 335 g/mol. The number of pyridine rings is 2. The van der Waals surface area contributed by atoms with E-state index in [1.807, 2.05) is 32.0 Å². The molecule has 0 aliphatic carbocycles. The highest BCUT2D eigenvalue weighted by Crippen LogP contribution is 2.31. The van der Waals surface area contributed by atoms with Crippen LogP contribution in [0, 0.1) is 13.8 Å². The molecule has 4 rings (SSSR count). The highest BCUT2D eigenvalue weighted by molar-refractivity contribution is 7.25. The molecule has 0 radical (unpaired) electrons. The van der Waals surface area contributed by atoms with Crippen molar-refractivity contribution in [3.05, 3.63) is 64.1 Å². The summed E-state index contributed by atoms with van der Waals surface area (Å²) in [5.74, 6) is 0. The van der Waals surface area contributed by atoms with Crippen LogP contribution in [0.4, 0.5) is 0 Å². The Morgan fingerprint density at radius 3 is 3.00 bits per heavy atom. The molecule has 4 aromatic rings. The maximum Gasteiger partial charge on any atom is 0.291 e. The molecule has 4 aromatic heterocycles.